The molecule has 7 heteroatoms. The zero-order valence-electron chi connectivity index (χ0n) is 16.7. The standard InChI is InChI=1S/C23H21FN2O3S/c1-3-4-13-29-23-18(15-25)14-21(16-7-11-20(12-8-16)30(2,27)28)22(26-23)17-5-9-19(24)10-6-17/h5-12,14H,3-4,13H2,1-2H3. The lowest BCUT2D eigenvalue weighted by molar-refractivity contribution is 0.297. The van der Waals surface area contributed by atoms with Gasteiger partial charge in [0.15, 0.2) is 9.84 Å². The summed E-state index contributed by atoms with van der Waals surface area (Å²) in [5.41, 5.74) is 2.77. The van der Waals surface area contributed by atoms with Gasteiger partial charge in [-0.15, -0.1) is 0 Å². The molecule has 0 radical (unpaired) electrons. The van der Waals surface area contributed by atoms with Gasteiger partial charge >= 0.3 is 0 Å². The van der Waals surface area contributed by atoms with E-state index in [1.165, 1.54) is 24.3 Å². The van der Waals surface area contributed by atoms with Gasteiger partial charge in [-0.05, 0) is 54.4 Å². The van der Waals surface area contributed by atoms with E-state index in [0.29, 0.717) is 29.0 Å². The van der Waals surface area contributed by atoms with Crippen molar-refractivity contribution in [3.8, 4) is 34.3 Å². The average molecular weight is 424 g/mol. The quantitative estimate of drug-likeness (QED) is 0.498. The molecular weight excluding hydrogens is 403 g/mol. The zero-order valence-corrected chi connectivity index (χ0v) is 17.5. The van der Waals surface area contributed by atoms with E-state index < -0.39 is 9.84 Å². The van der Waals surface area contributed by atoms with Crippen LogP contribution in [0, 0.1) is 17.1 Å². The first kappa shape index (κ1) is 21.5. The molecule has 0 N–H and O–H groups in total. The van der Waals surface area contributed by atoms with Gasteiger partial charge in [-0.1, -0.05) is 25.5 Å². The number of hydrogen-bond donors (Lipinski definition) is 0. The minimum Gasteiger partial charge on any atom is -0.477 e. The van der Waals surface area contributed by atoms with Crippen molar-refractivity contribution in [2.45, 2.75) is 24.7 Å². The highest BCUT2D eigenvalue weighted by Gasteiger charge is 2.17. The van der Waals surface area contributed by atoms with Gasteiger partial charge in [-0.25, -0.2) is 17.8 Å². The number of unbranched alkanes of at least 4 members (excludes halogenated alkanes) is 1. The molecule has 0 fully saturated rings. The maximum atomic E-state index is 13.4. The molecule has 0 amide bonds. The first-order valence-corrected chi connectivity index (χ1v) is 11.4. The Morgan fingerprint density at radius 3 is 2.27 bits per heavy atom. The van der Waals surface area contributed by atoms with Gasteiger partial charge in [0.05, 0.1) is 17.2 Å². The molecule has 0 aliphatic heterocycles. The second-order valence-electron chi connectivity index (χ2n) is 6.85. The molecule has 0 atom stereocenters. The fourth-order valence-corrected chi connectivity index (χ4v) is 3.56. The minimum atomic E-state index is -3.33. The predicted molar refractivity (Wildman–Crippen MR) is 113 cm³/mol. The third-order valence-electron chi connectivity index (χ3n) is 4.56. The molecule has 0 aliphatic carbocycles. The Morgan fingerprint density at radius 1 is 1.07 bits per heavy atom. The summed E-state index contributed by atoms with van der Waals surface area (Å²) in [4.78, 5) is 4.77. The van der Waals surface area contributed by atoms with Gasteiger partial charge in [0.1, 0.15) is 17.4 Å². The Kier molecular flexibility index (Phi) is 6.48. The van der Waals surface area contributed by atoms with E-state index in [4.69, 9.17) is 4.74 Å². The fourth-order valence-electron chi connectivity index (χ4n) is 2.93. The summed E-state index contributed by atoms with van der Waals surface area (Å²) in [6.07, 6.45) is 2.91. The van der Waals surface area contributed by atoms with Gasteiger partial charge in [-0.3, -0.25) is 0 Å². The van der Waals surface area contributed by atoms with Crippen LogP contribution in [0.25, 0.3) is 22.4 Å². The number of rotatable bonds is 7. The molecule has 2 aromatic carbocycles. The second-order valence-corrected chi connectivity index (χ2v) is 8.87. The first-order chi connectivity index (χ1) is 14.3. The minimum absolute atomic E-state index is 0.197. The molecule has 3 aromatic rings. The van der Waals surface area contributed by atoms with E-state index in [9.17, 15) is 18.1 Å². The van der Waals surface area contributed by atoms with Gasteiger partial charge in [-0.2, -0.15) is 5.26 Å². The van der Waals surface area contributed by atoms with Crippen LogP contribution >= 0.6 is 0 Å². The number of nitrogens with zero attached hydrogens (tertiary/aromatic N) is 2. The molecule has 3 rings (SSSR count). The van der Waals surface area contributed by atoms with Crippen molar-refractivity contribution in [1.29, 1.82) is 5.26 Å². The Morgan fingerprint density at radius 2 is 1.70 bits per heavy atom. The number of benzene rings is 2. The topological polar surface area (TPSA) is 80.0 Å². The number of sulfone groups is 1. The Labute approximate surface area is 175 Å². The monoisotopic (exact) mass is 424 g/mol. The molecule has 0 aliphatic rings. The molecular formula is C23H21FN2O3S. The van der Waals surface area contributed by atoms with E-state index in [-0.39, 0.29) is 22.2 Å². The van der Waals surface area contributed by atoms with Crippen LogP contribution in [-0.4, -0.2) is 26.3 Å². The lowest BCUT2D eigenvalue weighted by atomic mass is 9.98. The number of aromatic nitrogens is 1. The zero-order chi connectivity index (χ0) is 21.7. The van der Waals surface area contributed by atoms with Crippen LogP contribution in [-0.2, 0) is 9.84 Å². The number of pyridine rings is 1. The number of hydrogen-bond acceptors (Lipinski definition) is 5. The van der Waals surface area contributed by atoms with Crippen molar-refractivity contribution in [2.24, 2.45) is 0 Å². The summed E-state index contributed by atoms with van der Waals surface area (Å²) in [7, 11) is -3.33. The molecule has 0 spiro atoms. The normalized spacial score (nSPS) is 11.1. The van der Waals surface area contributed by atoms with Crippen LogP contribution in [0.15, 0.2) is 59.5 Å². The van der Waals surface area contributed by atoms with Crippen molar-refractivity contribution >= 4 is 9.84 Å². The summed E-state index contributed by atoms with van der Waals surface area (Å²) in [6, 6.07) is 16.0. The van der Waals surface area contributed by atoms with Gasteiger partial charge in [0.2, 0.25) is 5.88 Å². The molecule has 1 heterocycles. The van der Waals surface area contributed by atoms with E-state index >= 15 is 0 Å². The van der Waals surface area contributed by atoms with Crippen molar-refractivity contribution in [3.05, 3.63) is 66.0 Å². The van der Waals surface area contributed by atoms with E-state index in [1.54, 1.807) is 30.3 Å². The summed E-state index contributed by atoms with van der Waals surface area (Å²) >= 11 is 0. The highest BCUT2D eigenvalue weighted by Crippen LogP contribution is 2.35. The summed E-state index contributed by atoms with van der Waals surface area (Å²) in [5.74, 6) is -0.146. The predicted octanol–water partition coefficient (Wildman–Crippen LogP) is 5.01. The summed E-state index contributed by atoms with van der Waals surface area (Å²) in [6.45, 7) is 2.47. The highest BCUT2D eigenvalue weighted by molar-refractivity contribution is 7.90. The molecule has 5 nitrogen and oxygen atoms in total. The third kappa shape index (κ3) is 4.84. The van der Waals surface area contributed by atoms with E-state index in [2.05, 4.69) is 11.1 Å². The lowest BCUT2D eigenvalue weighted by Gasteiger charge is -2.14. The van der Waals surface area contributed by atoms with E-state index in [1.807, 2.05) is 6.92 Å². The van der Waals surface area contributed by atoms with Crippen LogP contribution in [0.2, 0.25) is 0 Å². The molecule has 154 valence electrons. The molecule has 1 aromatic heterocycles. The van der Waals surface area contributed by atoms with Crippen molar-refractivity contribution < 1.29 is 17.5 Å². The largest absolute Gasteiger partial charge is 0.477 e. The maximum Gasteiger partial charge on any atom is 0.232 e. The van der Waals surface area contributed by atoms with Gasteiger partial charge in [0.25, 0.3) is 0 Å². The Balaban J connectivity index is 2.17. The van der Waals surface area contributed by atoms with Gasteiger partial charge < -0.3 is 4.74 Å². The molecule has 0 saturated heterocycles. The van der Waals surface area contributed by atoms with Crippen molar-refractivity contribution in [3.63, 3.8) is 0 Å². The second kappa shape index (κ2) is 9.06. The van der Waals surface area contributed by atoms with Crippen LogP contribution in [0.1, 0.15) is 25.3 Å². The first-order valence-electron chi connectivity index (χ1n) is 9.48. The molecule has 30 heavy (non-hydrogen) atoms. The SMILES string of the molecule is CCCCOc1nc(-c2ccc(F)cc2)c(-c2ccc(S(C)(=O)=O)cc2)cc1C#N. The summed E-state index contributed by atoms with van der Waals surface area (Å²) < 4.78 is 42.7. The molecule has 0 saturated carbocycles. The van der Waals surface area contributed by atoms with Crippen molar-refractivity contribution in [1.82, 2.24) is 4.98 Å². The highest BCUT2D eigenvalue weighted by atomic mass is 32.2. The number of nitriles is 1. The van der Waals surface area contributed by atoms with Crippen LogP contribution in [0.5, 0.6) is 5.88 Å². The lowest BCUT2D eigenvalue weighted by Crippen LogP contribution is -2.03. The third-order valence-corrected chi connectivity index (χ3v) is 5.68. The molecule has 0 unspecified atom stereocenters. The average Bonchev–Trinajstić information content (AvgIpc) is 2.73. The summed E-state index contributed by atoms with van der Waals surface area (Å²) in [5, 5.41) is 9.60. The van der Waals surface area contributed by atoms with Gasteiger partial charge in [0, 0.05) is 17.4 Å². The number of ether oxygens (including phenoxy) is 1. The van der Waals surface area contributed by atoms with E-state index in [0.717, 1.165) is 19.1 Å². The Bertz CT molecular complexity index is 1180. The smallest absolute Gasteiger partial charge is 0.232 e. The fraction of sp³-hybridized carbons (Fsp3) is 0.217. The number of halogens is 1. The Hall–Kier alpha value is -3.24. The van der Waals surface area contributed by atoms with Crippen molar-refractivity contribution in [2.75, 3.05) is 12.9 Å². The maximum absolute atomic E-state index is 13.4. The van der Waals surface area contributed by atoms with Crippen LogP contribution in [0.3, 0.4) is 0 Å². The van der Waals surface area contributed by atoms with Crippen LogP contribution < -0.4 is 4.74 Å². The van der Waals surface area contributed by atoms with Crippen LogP contribution in [0.4, 0.5) is 4.39 Å². The molecule has 0 bridgehead atoms.